The average molecular weight is 372 g/mol. The lowest BCUT2D eigenvalue weighted by atomic mass is 10.0. The van der Waals surface area contributed by atoms with Gasteiger partial charge in [0.25, 0.3) is 0 Å². The number of thiophene rings is 1. The number of carbonyl (C=O) groups excluding carboxylic acids is 1. The van der Waals surface area contributed by atoms with E-state index in [1.165, 1.54) is 10.4 Å². The number of benzene rings is 1. The molecule has 0 saturated carbocycles. The zero-order valence-corrected chi connectivity index (χ0v) is 16.5. The monoisotopic (exact) mass is 371 g/mol. The zero-order chi connectivity index (χ0) is 18.7. The molecular weight excluding hydrogens is 346 g/mol. The van der Waals surface area contributed by atoms with E-state index in [2.05, 4.69) is 18.4 Å². The smallest absolute Gasteiger partial charge is 0.247 e. The normalized spacial score (nSPS) is 16.8. The molecule has 1 atom stereocenters. The highest BCUT2D eigenvalue weighted by atomic mass is 32.1. The molecule has 0 saturated heterocycles. The lowest BCUT2D eigenvalue weighted by molar-refractivity contribution is -0.128. The van der Waals surface area contributed by atoms with Gasteiger partial charge >= 0.3 is 0 Å². The summed E-state index contributed by atoms with van der Waals surface area (Å²) in [6.07, 6.45) is 4.49. The van der Waals surface area contributed by atoms with Crippen LogP contribution in [0.2, 0.25) is 0 Å². The lowest BCUT2D eigenvalue weighted by Crippen LogP contribution is -2.37. The number of nitrogens with zero attached hydrogens (tertiary/aromatic N) is 1. The van der Waals surface area contributed by atoms with Crippen LogP contribution in [-0.2, 0) is 11.2 Å². The molecule has 2 aromatic rings. The Hall–Kier alpha value is -2.27. The molecule has 0 spiro atoms. The van der Waals surface area contributed by atoms with Crippen molar-refractivity contribution in [2.24, 2.45) is 0 Å². The van der Waals surface area contributed by atoms with E-state index >= 15 is 0 Å². The second-order valence-corrected chi connectivity index (χ2v) is 7.67. The second kappa shape index (κ2) is 7.96. The molecule has 1 aromatic carbocycles. The number of carbonyl (C=O) groups is 1. The van der Waals surface area contributed by atoms with Crippen molar-refractivity contribution in [3.05, 3.63) is 51.7 Å². The summed E-state index contributed by atoms with van der Waals surface area (Å²) < 4.78 is 11.1. The molecule has 1 amide bonds. The largest absolute Gasteiger partial charge is 0.493 e. The maximum atomic E-state index is 12.7. The predicted octanol–water partition coefficient (Wildman–Crippen LogP) is 4.70. The van der Waals surface area contributed by atoms with Crippen LogP contribution in [-0.4, -0.2) is 30.6 Å². The number of rotatable bonds is 5. The molecule has 3 rings (SSSR count). The fraction of sp³-hybridized carbons (Fsp3) is 0.381. The van der Waals surface area contributed by atoms with Gasteiger partial charge in [-0.05, 0) is 68.0 Å². The van der Waals surface area contributed by atoms with Crippen LogP contribution in [0.25, 0.3) is 6.08 Å². The summed E-state index contributed by atoms with van der Waals surface area (Å²) in [7, 11) is 1.62. The van der Waals surface area contributed by atoms with Crippen molar-refractivity contribution in [1.82, 2.24) is 4.90 Å². The van der Waals surface area contributed by atoms with Crippen molar-refractivity contribution in [3.8, 4) is 11.5 Å². The number of methoxy groups -OCH3 is 1. The Morgan fingerprint density at radius 3 is 2.85 bits per heavy atom. The molecule has 0 N–H and O–H groups in total. The van der Waals surface area contributed by atoms with Crippen molar-refractivity contribution >= 4 is 23.3 Å². The molecule has 0 radical (unpaired) electrons. The van der Waals surface area contributed by atoms with E-state index < -0.39 is 0 Å². The molecule has 0 bridgehead atoms. The Bertz CT molecular complexity index is 809. The van der Waals surface area contributed by atoms with E-state index in [9.17, 15) is 4.79 Å². The van der Waals surface area contributed by atoms with E-state index in [1.54, 1.807) is 24.5 Å². The first-order valence-corrected chi connectivity index (χ1v) is 9.77. The molecule has 1 unspecified atom stereocenters. The van der Waals surface area contributed by atoms with Crippen LogP contribution < -0.4 is 9.47 Å². The van der Waals surface area contributed by atoms with Crippen LogP contribution in [0.15, 0.2) is 35.7 Å². The van der Waals surface area contributed by atoms with Crippen LogP contribution in [0.5, 0.6) is 11.5 Å². The molecular formula is C21H25NO3S. The van der Waals surface area contributed by atoms with E-state index in [0.717, 1.165) is 18.5 Å². The molecule has 1 aliphatic heterocycles. The molecule has 2 heterocycles. The average Bonchev–Trinajstić information content (AvgIpc) is 3.10. The van der Waals surface area contributed by atoms with Crippen molar-refractivity contribution in [2.75, 3.05) is 13.7 Å². The minimum Gasteiger partial charge on any atom is -0.493 e. The Morgan fingerprint density at radius 2 is 2.12 bits per heavy atom. The fourth-order valence-corrected chi connectivity index (χ4v) is 4.18. The van der Waals surface area contributed by atoms with Gasteiger partial charge in [0.05, 0.1) is 19.3 Å². The Morgan fingerprint density at radius 1 is 1.31 bits per heavy atom. The summed E-state index contributed by atoms with van der Waals surface area (Å²) in [5, 5.41) is 2.11. The third kappa shape index (κ3) is 3.93. The molecule has 1 aliphatic rings. The molecule has 0 aliphatic carbocycles. The van der Waals surface area contributed by atoms with Crippen molar-refractivity contribution < 1.29 is 14.3 Å². The number of fused-ring (bicyclic) bond motifs is 1. The predicted molar refractivity (Wildman–Crippen MR) is 106 cm³/mol. The van der Waals surface area contributed by atoms with Crippen molar-refractivity contribution in [2.45, 2.75) is 39.3 Å². The van der Waals surface area contributed by atoms with Gasteiger partial charge in [0.15, 0.2) is 11.5 Å². The lowest BCUT2D eigenvalue weighted by Gasteiger charge is -2.32. The summed E-state index contributed by atoms with van der Waals surface area (Å²) in [6, 6.07) is 7.95. The third-order valence-electron chi connectivity index (χ3n) is 4.53. The van der Waals surface area contributed by atoms with Gasteiger partial charge in [0.1, 0.15) is 0 Å². The van der Waals surface area contributed by atoms with Gasteiger partial charge in [-0.2, -0.15) is 0 Å². The fourth-order valence-electron chi connectivity index (χ4n) is 3.21. The second-order valence-electron chi connectivity index (χ2n) is 6.67. The summed E-state index contributed by atoms with van der Waals surface area (Å²) >= 11 is 1.78. The van der Waals surface area contributed by atoms with Crippen molar-refractivity contribution in [3.63, 3.8) is 0 Å². The SMILES string of the molecule is COc1cc(/C=C/C(=O)N2CCc3sccc3C2C)ccc1OC(C)C. The van der Waals surface area contributed by atoms with Crippen molar-refractivity contribution in [1.29, 1.82) is 0 Å². The molecule has 138 valence electrons. The number of hydrogen-bond acceptors (Lipinski definition) is 4. The summed E-state index contributed by atoms with van der Waals surface area (Å²) in [5.41, 5.74) is 2.19. The highest BCUT2D eigenvalue weighted by Gasteiger charge is 2.26. The van der Waals surface area contributed by atoms with Crippen LogP contribution >= 0.6 is 11.3 Å². The molecule has 26 heavy (non-hydrogen) atoms. The Balaban J connectivity index is 1.72. The van der Waals surface area contributed by atoms with E-state index in [1.807, 2.05) is 43.0 Å². The van der Waals surface area contributed by atoms with Crippen LogP contribution in [0, 0.1) is 0 Å². The minimum absolute atomic E-state index is 0.0378. The highest BCUT2D eigenvalue weighted by Crippen LogP contribution is 2.33. The molecule has 1 aromatic heterocycles. The zero-order valence-electron chi connectivity index (χ0n) is 15.7. The van der Waals surface area contributed by atoms with Crippen LogP contribution in [0.3, 0.4) is 0 Å². The van der Waals surface area contributed by atoms with E-state index in [0.29, 0.717) is 11.5 Å². The maximum Gasteiger partial charge on any atom is 0.247 e. The molecule has 4 nitrogen and oxygen atoms in total. The van der Waals surface area contributed by atoms with Gasteiger partial charge in [0.2, 0.25) is 5.91 Å². The summed E-state index contributed by atoms with van der Waals surface area (Å²) in [4.78, 5) is 16.0. The van der Waals surface area contributed by atoms with Gasteiger partial charge < -0.3 is 14.4 Å². The van der Waals surface area contributed by atoms with Gasteiger partial charge in [-0.25, -0.2) is 0 Å². The maximum absolute atomic E-state index is 12.7. The van der Waals surface area contributed by atoms with Crippen LogP contribution in [0.4, 0.5) is 0 Å². The van der Waals surface area contributed by atoms with Crippen LogP contribution in [0.1, 0.15) is 42.8 Å². The summed E-state index contributed by atoms with van der Waals surface area (Å²) in [5.74, 6) is 1.42. The first-order chi connectivity index (χ1) is 12.5. The van der Waals surface area contributed by atoms with Gasteiger partial charge in [0, 0.05) is 17.5 Å². The first-order valence-electron chi connectivity index (χ1n) is 8.89. The first kappa shape index (κ1) is 18.5. The van der Waals surface area contributed by atoms with E-state index in [-0.39, 0.29) is 18.1 Å². The standard InChI is InChI=1S/C21H25NO3S/c1-14(2)25-18-7-5-16(13-19(18)24-4)6-8-21(23)22-11-9-20-17(15(22)3)10-12-26-20/h5-8,10,12-15H,9,11H2,1-4H3/b8-6+. The van der Waals surface area contributed by atoms with Gasteiger partial charge in [-0.15, -0.1) is 11.3 Å². The van der Waals surface area contributed by atoms with E-state index in [4.69, 9.17) is 9.47 Å². The Labute approximate surface area is 159 Å². The number of hydrogen-bond donors (Lipinski definition) is 0. The number of amides is 1. The van der Waals surface area contributed by atoms with Gasteiger partial charge in [-0.1, -0.05) is 6.07 Å². The third-order valence-corrected chi connectivity index (χ3v) is 5.53. The molecule has 0 fully saturated rings. The highest BCUT2D eigenvalue weighted by molar-refractivity contribution is 7.10. The quantitative estimate of drug-likeness (QED) is 0.715. The van der Waals surface area contributed by atoms with Gasteiger partial charge in [-0.3, -0.25) is 4.79 Å². The topological polar surface area (TPSA) is 38.8 Å². The summed E-state index contributed by atoms with van der Waals surface area (Å²) in [6.45, 7) is 6.81. The number of ether oxygens (including phenoxy) is 2. The minimum atomic E-state index is 0.0378. The Kier molecular flexibility index (Phi) is 5.67. The molecule has 5 heteroatoms.